The fourth-order valence-electron chi connectivity index (χ4n) is 5.04. The van der Waals surface area contributed by atoms with Crippen molar-refractivity contribution in [3.05, 3.63) is 64.7 Å². The number of aliphatic hydroxyl groups is 1. The normalized spacial score (nSPS) is 20.8. The van der Waals surface area contributed by atoms with Crippen molar-refractivity contribution in [1.82, 2.24) is 4.90 Å². The van der Waals surface area contributed by atoms with Crippen LogP contribution in [0, 0.1) is 6.92 Å². The molecule has 174 valence electrons. The van der Waals surface area contributed by atoms with Gasteiger partial charge in [-0.15, -0.1) is 0 Å². The first kappa shape index (κ1) is 22.9. The predicted octanol–water partition coefficient (Wildman–Crippen LogP) is 4.82. The van der Waals surface area contributed by atoms with E-state index < -0.39 is 17.7 Å². The third-order valence-corrected chi connectivity index (χ3v) is 6.86. The topological polar surface area (TPSA) is 70.1 Å². The molecule has 1 N–H and O–H groups in total. The second kappa shape index (κ2) is 9.30. The Morgan fingerprint density at radius 3 is 2.27 bits per heavy atom. The number of hydrogen-bond donors (Lipinski definition) is 1. The van der Waals surface area contributed by atoms with Gasteiger partial charge in [0.1, 0.15) is 11.5 Å². The van der Waals surface area contributed by atoms with Gasteiger partial charge in [0.25, 0.3) is 11.7 Å². The molecule has 1 amide bonds. The molecule has 6 nitrogen and oxygen atoms in total. The summed E-state index contributed by atoms with van der Waals surface area (Å²) in [6.45, 7) is 1.86. The minimum absolute atomic E-state index is 0.00371. The fourth-order valence-corrected chi connectivity index (χ4v) is 5.04. The molecule has 33 heavy (non-hydrogen) atoms. The highest BCUT2D eigenvalue weighted by atomic mass is 16.5. The summed E-state index contributed by atoms with van der Waals surface area (Å²) in [5, 5.41) is 11.4. The summed E-state index contributed by atoms with van der Waals surface area (Å²) >= 11 is 0. The first-order valence-electron chi connectivity index (χ1n) is 11.6. The van der Waals surface area contributed by atoms with Crippen molar-refractivity contribution in [3.8, 4) is 5.75 Å². The number of likely N-dealkylation sites (tertiary alicyclic amines) is 1. The van der Waals surface area contributed by atoms with Crippen LogP contribution in [0.1, 0.15) is 54.8 Å². The van der Waals surface area contributed by atoms with Crippen molar-refractivity contribution >= 4 is 23.1 Å². The Labute approximate surface area is 195 Å². The van der Waals surface area contributed by atoms with Crippen molar-refractivity contribution < 1.29 is 19.4 Å². The van der Waals surface area contributed by atoms with Gasteiger partial charge in [-0.05, 0) is 61.2 Å². The molecule has 2 fully saturated rings. The molecule has 1 saturated carbocycles. The third kappa shape index (κ3) is 4.22. The maximum Gasteiger partial charge on any atom is 0.295 e. The number of carbonyl (C=O) groups excluding carboxylic acids is 2. The number of ether oxygens (including phenoxy) is 1. The van der Waals surface area contributed by atoms with E-state index in [0.29, 0.717) is 11.3 Å². The predicted molar refractivity (Wildman–Crippen MR) is 130 cm³/mol. The highest BCUT2D eigenvalue weighted by molar-refractivity contribution is 6.46. The molecule has 1 heterocycles. The summed E-state index contributed by atoms with van der Waals surface area (Å²) in [7, 11) is 5.52. The summed E-state index contributed by atoms with van der Waals surface area (Å²) in [6, 6.07) is 12.6. The lowest BCUT2D eigenvalue weighted by molar-refractivity contribution is -0.141. The Hall–Kier alpha value is -3.28. The fraction of sp³-hybridized carbons (Fsp3) is 0.407. The number of aryl methyl sites for hydroxylation is 1. The number of anilines is 1. The Bertz CT molecular complexity index is 1080. The summed E-state index contributed by atoms with van der Waals surface area (Å²) in [4.78, 5) is 30.4. The maximum absolute atomic E-state index is 13.3. The van der Waals surface area contributed by atoms with Crippen LogP contribution in [0.3, 0.4) is 0 Å². The van der Waals surface area contributed by atoms with E-state index in [1.165, 1.54) is 0 Å². The van der Waals surface area contributed by atoms with E-state index in [0.717, 1.165) is 48.9 Å². The van der Waals surface area contributed by atoms with Crippen LogP contribution in [-0.2, 0) is 9.59 Å². The molecule has 1 aliphatic heterocycles. The zero-order valence-electron chi connectivity index (χ0n) is 19.8. The molecule has 0 bridgehead atoms. The largest absolute Gasteiger partial charge is 0.507 e. The Morgan fingerprint density at radius 1 is 1.03 bits per heavy atom. The first-order valence-corrected chi connectivity index (χ1v) is 11.6. The van der Waals surface area contributed by atoms with Gasteiger partial charge in [-0.1, -0.05) is 31.4 Å². The van der Waals surface area contributed by atoms with E-state index in [4.69, 9.17) is 4.74 Å². The number of amides is 1. The second-order valence-electron chi connectivity index (χ2n) is 9.17. The third-order valence-electron chi connectivity index (χ3n) is 6.86. The van der Waals surface area contributed by atoms with Crippen molar-refractivity contribution in [1.29, 1.82) is 0 Å². The molecule has 1 unspecified atom stereocenters. The van der Waals surface area contributed by atoms with E-state index in [1.54, 1.807) is 24.1 Å². The number of methoxy groups -OCH3 is 1. The molecule has 2 aliphatic rings. The molecule has 0 spiro atoms. The zero-order valence-corrected chi connectivity index (χ0v) is 19.8. The van der Waals surface area contributed by atoms with Crippen LogP contribution in [0.25, 0.3) is 5.76 Å². The van der Waals surface area contributed by atoms with Crippen molar-refractivity contribution in [2.75, 3.05) is 26.1 Å². The Balaban J connectivity index is 1.86. The highest BCUT2D eigenvalue weighted by Crippen LogP contribution is 2.43. The minimum atomic E-state index is -0.616. The summed E-state index contributed by atoms with van der Waals surface area (Å²) in [5.41, 5.74) is 3.33. The van der Waals surface area contributed by atoms with Gasteiger partial charge in [-0.25, -0.2) is 0 Å². The van der Waals surface area contributed by atoms with E-state index in [1.807, 2.05) is 56.3 Å². The maximum atomic E-state index is 13.3. The van der Waals surface area contributed by atoms with Gasteiger partial charge in [-0.2, -0.15) is 0 Å². The van der Waals surface area contributed by atoms with Gasteiger partial charge in [0.2, 0.25) is 0 Å². The number of ketones is 1. The van der Waals surface area contributed by atoms with Crippen LogP contribution in [0.5, 0.6) is 5.75 Å². The van der Waals surface area contributed by atoms with Crippen molar-refractivity contribution in [2.24, 2.45) is 0 Å². The number of hydrogen-bond acceptors (Lipinski definition) is 5. The molecule has 2 aromatic carbocycles. The lowest BCUT2D eigenvalue weighted by Gasteiger charge is -2.35. The van der Waals surface area contributed by atoms with Crippen LogP contribution >= 0.6 is 0 Å². The van der Waals surface area contributed by atoms with Crippen LogP contribution in [-0.4, -0.2) is 48.9 Å². The number of benzene rings is 2. The van der Waals surface area contributed by atoms with Crippen molar-refractivity contribution in [2.45, 2.75) is 51.1 Å². The van der Waals surface area contributed by atoms with Crippen LogP contribution in [0.15, 0.2) is 48.0 Å². The lowest BCUT2D eigenvalue weighted by atomic mass is 9.90. The second-order valence-corrected chi connectivity index (χ2v) is 9.17. The summed E-state index contributed by atoms with van der Waals surface area (Å²) in [6.07, 6.45) is 4.98. The monoisotopic (exact) mass is 448 g/mol. The van der Waals surface area contributed by atoms with Crippen LogP contribution < -0.4 is 9.64 Å². The SMILES string of the molecule is COc1ccc(/C(O)=C2/C(=O)C(=O)N(C3CCCCC3)C2c2ccc(N(C)C)cc2)c(C)c1. The van der Waals surface area contributed by atoms with Crippen LogP contribution in [0.2, 0.25) is 0 Å². The smallest absolute Gasteiger partial charge is 0.295 e. The molecule has 4 rings (SSSR count). The molecule has 2 aromatic rings. The van der Waals surface area contributed by atoms with Gasteiger partial charge in [-0.3, -0.25) is 9.59 Å². The van der Waals surface area contributed by atoms with E-state index in [-0.39, 0.29) is 17.4 Å². The van der Waals surface area contributed by atoms with E-state index in [9.17, 15) is 14.7 Å². The number of nitrogens with zero attached hydrogens (tertiary/aromatic N) is 2. The van der Waals surface area contributed by atoms with Gasteiger partial charge < -0.3 is 19.6 Å². The highest BCUT2D eigenvalue weighted by Gasteiger charge is 2.48. The standard InChI is InChI=1S/C27H32N2O4/c1-17-16-21(33-4)14-15-22(17)25(30)23-24(18-10-12-19(13-11-18)28(2)3)29(27(32)26(23)31)20-8-6-5-7-9-20/h10-16,20,24,30H,5-9H2,1-4H3/b25-23-. The first-order chi connectivity index (χ1) is 15.8. The van der Waals surface area contributed by atoms with Gasteiger partial charge in [0, 0.05) is 31.4 Å². The Morgan fingerprint density at radius 2 is 1.70 bits per heavy atom. The summed E-state index contributed by atoms with van der Waals surface area (Å²) < 4.78 is 5.28. The minimum Gasteiger partial charge on any atom is -0.507 e. The quantitative estimate of drug-likeness (QED) is 0.403. The number of aliphatic hydroxyl groups excluding tert-OH is 1. The molecular weight excluding hydrogens is 416 g/mol. The molecule has 1 aliphatic carbocycles. The number of rotatable bonds is 5. The van der Waals surface area contributed by atoms with Crippen molar-refractivity contribution in [3.63, 3.8) is 0 Å². The number of carbonyl (C=O) groups is 2. The van der Waals surface area contributed by atoms with E-state index >= 15 is 0 Å². The van der Waals surface area contributed by atoms with Crippen LogP contribution in [0.4, 0.5) is 5.69 Å². The van der Waals surface area contributed by atoms with Gasteiger partial charge in [0.05, 0.1) is 18.7 Å². The molecule has 1 atom stereocenters. The lowest BCUT2D eigenvalue weighted by Crippen LogP contribution is -2.40. The van der Waals surface area contributed by atoms with E-state index in [2.05, 4.69) is 0 Å². The van der Waals surface area contributed by atoms with Gasteiger partial charge >= 0.3 is 0 Å². The number of Topliss-reactive ketones (excluding diaryl/α,β-unsaturated/α-hetero) is 1. The molecule has 1 saturated heterocycles. The molecule has 0 radical (unpaired) electrons. The molecular formula is C27H32N2O4. The average Bonchev–Trinajstić information content (AvgIpc) is 3.09. The Kier molecular flexibility index (Phi) is 6.45. The average molecular weight is 449 g/mol. The molecule has 6 heteroatoms. The van der Waals surface area contributed by atoms with Gasteiger partial charge in [0.15, 0.2) is 0 Å². The molecule has 0 aromatic heterocycles. The summed E-state index contributed by atoms with van der Waals surface area (Å²) in [5.74, 6) is -0.595. The zero-order chi connectivity index (χ0) is 23.7.